The Morgan fingerprint density at radius 2 is 2.25 bits per heavy atom. The van der Waals surface area contributed by atoms with Gasteiger partial charge in [0.05, 0.1) is 5.92 Å². The molecule has 0 aromatic carbocycles. The van der Waals surface area contributed by atoms with E-state index in [1.165, 1.54) is 6.42 Å². The lowest BCUT2D eigenvalue weighted by Crippen LogP contribution is -2.35. The Morgan fingerprint density at radius 3 is 2.80 bits per heavy atom. The van der Waals surface area contributed by atoms with Gasteiger partial charge in [-0.05, 0) is 31.1 Å². The first-order valence-electron chi connectivity index (χ1n) is 7.61. The molecule has 3 unspecified atom stereocenters. The molecule has 1 aliphatic rings. The molecule has 114 valence electrons. The summed E-state index contributed by atoms with van der Waals surface area (Å²) in [6.07, 6.45) is 4.30. The summed E-state index contributed by atoms with van der Waals surface area (Å²) in [5.41, 5.74) is 5.44. The summed E-state index contributed by atoms with van der Waals surface area (Å²) in [5, 5.41) is 4.20. The van der Waals surface area contributed by atoms with E-state index in [2.05, 4.69) is 30.9 Å². The van der Waals surface area contributed by atoms with E-state index in [1.54, 1.807) is 7.11 Å². The largest absolute Gasteiger partial charge is 0.370 e. The second-order valence-corrected chi connectivity index (χ2v) is 6.44. The molecule has 0 saturated heterocycles. The molecule has 0 spiro atoms. The van der Waals surface area contributed by atoms with Crippen molar-refractivity contribution in [3.05, 3.63) is 11.7 Å². The predicted molar refractivity (Wildman–Crippen MR) is 77.3 cm³/mol. The van der Waals surface area contributed by atoms with E-state index in [9.17, 15) is 0 Å². The van der Waals surface area contributed by atoms with Crippen molar-refractivity contribution in [2.45, 2.75) is 58.0 Å². The van der Waals surface area contributed by atoms with Gasteiger partial charge in [0.1, 0.15) is 5.60 Å². The summed E-state index contributed by atoms with van der Waals surface area (Å²) in [7, 11) is 1.75. The highest BCUT2D eigenvalue weighted by atomic mass is 16.5. The Balaban J connectivity index is 2.26. The van der Waals surface area contributed by atoms with Crippen LogP contribution in [0.1, 0.15) is 64.1 Å². The van der Waals surface area contributed by atoms with Crippen LogP contribution in [0, 0.1) is 11.8 Å². The minimum Gasteiger partial charge on any atom is -0.370 e. The average Bonchev–Trinajstić information content (AvgIpc) is 2.89. The highest BCUT2D eigenvalue weighted by molar-refractivity contribution is 5.06. The minimum absolute atomic E-state index is 0.117. The number of aromatic nitrogens is 2. The van der Waals surface area contributed by atoms with Crippen LogP contribution < -0.4 is 5.73 Å². The molecule has 2 N–H and O–H groups in total. The van der Waals surface area contributed by atoms with E-state index in [4.69, 9.17) is 15.0 Å². The molecule has 5 heteroatoms. The van der Waals surface area contributed by atoms with Gasteiger partial charge >= 0.3 is 0 Å². The Labute approximate surface area is 121 Å². The van der Waals surface area contributed by atoms with Gasteiger partial charge in [0.15, 0.2) is 0 Å². The molecule has 5 nitrogen and oxygen atoms in total. The van der Waals surface area contributed by atoms with Crippen LogP contribution in [0.25, 0.3) is 0 Å². The molecule has 1 aliphatic carbocycles. The second kappa shape index (κ2) is 6.22. The van der Waals surface area contributed by atoms with Crippen molar-refractivity contribution >= 4 is 0 Å². The van der Waals surface area contributed by atoms with Crippen molar-refractivity contribution in [1.82, 2.24) is 10.1 Å². The van der Waals surface area contributed by atoms with Crippen LogP contribution >= 0.6 is 0 Å². The Morgan fingerprint density at radius 1 is 1.50 bits per heavy atom. The van der Waals surface area contributed by atoms with Crippen LogP contribution in [0.4, 0.5) is 0 Å². The molecule has 1 saturated carbocycles. The fourth-order valence-corrected chi connectivity index (χ4v) is 3.21. The minimum atomic E-state index is -0.379. The quantitative estimate of drug-likeness (QED) is 0.898. The number of nitrogens with zero attached hydrogens (tertiary/aromatic N) is 2. The molecule has 0 bridgehead atoms. The SMILES string of the molecule is COC1(c2noc(C(CN)C(C)C)n2)CCCC(C)C1. The summed E-state index contributed by atoms with van der Waals surface area (Å²) < 4.78 is 11.3. The van der Waals surface area contributed by atoms with Gasteiger partial charge < -0.3 is 15.0 Å². The number of methoxy groups -OCH3 is 1. The fraction of sp³-hybridized carbons (Fsp3) is 0.867. The van der Waals surface area contributed by atoms with Crippen LogP contribution in [-0.2, 0) is 10.3 Å². The van der Waals surface area contributed by atoms with Gasteiger partial charge in [-0.1, -0.05) is 32.3 Å². The lowest BCUT2D eigenvalue weighted by Gasteiger charge is -2.36. The summed E-state index contributed by atoms with van der Waals surface area (Å²) in [6.45, 7) is 7.02. The molecule has 1 aromatic heterocycles. The summed E-state index contributed by atoms with van der Waals surface area (Å²) in [6, 6.07) is 0. The van der Waals surface area contributed by atoms with Crippen molar-refractivity contribution in [2.24, 2.45) is 17.6 Å². The molecule has 0 aliphatic heterocycles. The highest BCUT2D eigenvalue weighted by Crippen LogP contribution is 2.41. The zero-order valence-electron chi connectivity index (χ0n) is 13.1. The van der Waals surface area contributed by atoms with Gasteiger partial charge in [0.25, 0.3) is 0 Å². The summed E-state index contributed by atoms with van der Waals surface area (Å²) >= 11 is 0. The Bertz CT molecular complexity index is 433. The van der Waals surface area contributed by atoms with E-state index < -0.39 is 0 Å². The van der Waals surface area contributed by atoms with Crippen molar-refractivity contribution in [1.29, 1.82) is 0 Å². The smallest absolute Gasteiger partial charge is 0.231 e. The summed E-state index contributed by atoms with van der Waals surface area (Å²) in [4.78, 5) is 4.62. The normalized spacial score (nSPS) is 28.8. The lowest BCUT2D eigenvalue weighted by atomic mass is 9.78. The topological polar surface area (TPSA) is 74.2 Å². The van der Waals surface area contributed by atoms with Gasteiger partial charge in [-0.2, -0.15) is 4.98 Å². The highest BCUT2D eigenvalue weighted by Gasteiger charge is 2.41. The Hall–Kier alpha value is -0.940. The average molecular weight is 281 g/mol. The first-order valence-corrected chi connectivity index (χ1v) is 7.61. The maximum absolute atomic E-state index is 5.82. The molecular weight excluding hydrogens is 254 g/mol. The standard InChI is InChI=1S/C15H27N3O2/c1-10(2)12(9-16)13-17-14(18-20-13)15(19-4)7-5-6-11(3)8-15/h10-12H,5-9,16H2,1-4H3. The maximum Gasteiger partial charge on any atom is 0.231 e. The van der Waals surface area contributed by atoms with Crippen LogP contribution in [0.5, 0.6) is 0 Å². The van der Waals surface area contributed by atoms with E-state index in [-0.39, 0.29) is 11.5 Å². The Kier molecular flexibility index (Phi) is 4.81. The van der Waals surface area contributed by atoms with Crippen molar-refractivity contribution in [3.8, 4) is 0 Å². The third-order valence-corrected chi connectivity index (χ3v) is 4.57. The number of hydrogen-bond acceptors (Lipinski definition) is 5. The first kappa shape index (κ1) is 15.4. The van der Waals surface area contributed by atoms with Crippen LogP contribution in [0.15, 0.2) is 4.52 Å². The van der Waals surface area contributed by atoms with Gasteiger partial charge in [0, 0.05) is 13.7 Å². The molecule has 1 fully saturated rings. The number of ether oxygens (including phenoxy) is 1. The van der Waals surface area contributed by atoms with Crippen LogP contribution in [0.2, 0.25) is 0 Å². The predicted octanol–water partition coefficient (Wildman–Crippen LogP) is 2.82. The van der Waals surface area contributed by atoms with Crippen LogP contribution in [0.3, 0.4) is 0 Å². The fourth-order valence-electron chi connectivity index (χ4n) is 3.21. The van der Waals surface area contributed by atoms with Gasteiger partial charge in [0.2, 0.25) is 11.7 Å². The third-order valence-electron chi connectivity index (χ3n) is 4.57. The molecule has 2 rings (SSSR count). The van der Waals surface area contributed by atoms with Crippen LogP contribution in [-0.4, -0.2) is 23.8 Å². The molecule has 0 radical (unpaired) electrons. The number of nitrogens with two attached hydrogens (primary N) is 1. The van der Waals surface area contributed by atoms with Crippen molar-refractivity contribution < 1.29 is 9.26 Å². The van der Waals surface area contributed by atoms with E-state index >= 15 is 0 Å². The van der Waals surface area contributed by atoms with E-state index in [1.807, 2.05) is 0 Å². The second-order valence-electron chi connectivity index (χ2n) is 6.44. The van der Waals surface area contributed by atoms with Gasteiger partial charge in [-0.15, -0.1) is 0 Å². The van der Waals surface area contributed by atoms with E-state index in [0.29, 0.717) is 30.1 Å². The zero-order chi connectivity index (χ0) is 14.8. The summed E-state index contributed by atoms with van der Waals surface area (Å²) in [5.74, 6) is 2.47. The lowest BCUT2D eigenvalue weighted by molar-refractivity contribution is -0.0658. The number of rotatable bonds is 5. The molecule has 1 heterocycles. The first-order chi connectivity index (χ1) is 9.52. The molecule has 3 atom stereocenters. The van der Waals surface area contributed by atoms with Crippen molar-refractivity contribution in [2.75, 3.05) is 13.7 Å². The zero-order valence-corrected chi connectivity index (χ0v) is 13.1. The number of hydrogen-bond donors (Lipinski definition) is 1. The molecular formula is C15H27N3O2. The maximum atomic E-state index is 5.82. The monoisotopic (exact) mass is 281 g/mol. The van der Waals surface area contributed by atoms with Gasteiger partial charge in [-0.25, -0.2) is 0 Å². The molecule has 20 heavy (non-hydrogen) atoms. The third kappa shape index (κ3) is 2.88. The molecule has 1 aromatic rings. The van der Waals surface area contributed by atoms with Crippen molar-refractivity contribution in [3.63, 3.8) is 0 Å². The van der Waals surface area contributed by atoms with E-state index in [0.717, 1.165) is 19.3 Å². The molecule has 0 amide bonds. The van der Waals surface area contributed by atoms with Gasteiger partial charge in [-0.3, -0.25) is 0 Å².